The van der Waals surface area contributed by atoms with E-state index < -0.39 is 28.5 Å². The summed E-state index contributed by atoms with van der Waals surface area (Å²) in [6.07, 6.45) is 0.871. The molecular formula is C35H36Cl3N3O4S. The van der Waals surface area contributed by atoms with Crippen LogP contribution in [0, 0.1) is 6.92 Å². The molecule has 242 valence electrons. The topological polar surface area (TPSA) is 86.8 Å². The summed E-state index contributed by atoms with van der Waals surface area (Å²) in [5.74, 6) is -0.955. The van der Waals surface area contributed by atoms with Crippen LogP contribution in [-0.2, 0) is 32.6 Å². The Morgan fingerprint density at radius 2 is 1.48 bits per heavy atom. The number of nitrogens with one attached hydrogen (secondary N) is 1. The lowest BCUT2D eigenvalue weighted by molar-refractivity contribution is -0.140. The number of amides is 2. The zero-order chi connectivity index (χ0) is 33.4. The highest BCUT2D eigenvalue weighted by molar-refractivity contribution is 7.92. The highest BCUT2D eigenvalue weighted by Crippen LogP contribution is 2.28. The van der Waals surface area contributed by atoms with E-state index in [9.17, 15) is 18.0 Å². The largest absolute Gasteiger partial charge is 0.352 e. The Hall–Kier alpha value is -3.56. The van der Waals surface area contributed by atoms with E-state index >= 15 is 0 Å². The lowest BCUT2D eigenvalue weighted by Gasteiger charge is -2.34. The minimum atomic E-state index is -4.24. The van der Waals surface area contributed by atoms with Crippen LogP contribution < -0.4 is 9.62 Å². The molecular weight excluding hydrogens is 665 g/mol. The van der Waals surface area contributed by atoms with Crippen molar-refractivity contribution in [2.75, 3.05) is 10.8 Å². The molecule has 0 fully saturated rings. The lowest BCUT2D eigenvalue weighted by Crippen LogP contribution is -2.54. The summed E-state index contributed by atoms with van der Waals surface area (Å²) in [6, 6.07) is 25.7. The average Bonchev–Trinajstić information content (AvgIpc) is 3.03. The Labute approximate surface area is 286 Å². The second-order valence-corrected chi connectivity index (χ2v) is 14.2. The van der Waals surface area contributed by atoms with Crippen molar-refractivity contribution >= 4 is 62.3 Å². The smallest absolute Gasteiger partial charge is 0.264 e. The second kappa shape index (κ2) is 15.8. The van der Waals surface area contributed by atoms with Crippen LogP contribution in [0.5, 0.6) is 0 Å². The van der Waals surface area contributed by atoms with Crippen molar-refractivity contribution < 1.29 is 18.0 Å². The first-order valence-corrected chi connectivity index (χ1v) is 17.4. The fourth-order valence-corrected chi connectivity index (χ4v) is 6.81. The second-order valence-electron chi connectivity index (χ2n) is 11.1. The van der Waals surface area contributed by atoms with Gasteiger partial charge >= 0.3 is 0 Å². The van der Waals surface area contributed by atoms with Crippen molar-refractivity contribution in [3.05, 3.63) is 129 Å². The quantitative estimate of drug-likeness (QED) is 0.155. The summed E-state index contributed by atoms with van der Waals surface area (Å²) < 4.78 is 29.3. The van der Waals surface area contributed by atoms with Gasteiger partial charge in [-0.25, -0.2) is 8.42 Å². The number of anilines is 1. The third-order valence-electron chi connectivity index (χ3n) is 7.63. The number of benzene rings is 4. The third-order valence-corrected chi connectivity index (χ3v) is 10.3. The summed E-state index contributed by atoms with van der Waals surface area (Å²) in [5.41, 5.74) is 2.59. The SMILES string of the molecule is CC[C@@H](C)NC(=O)[C@@H](Cc1ccccc1)N(Cc1ccc(Cl)cc1Cl)C(=O)CN(c1ccc(C)cc1)S(=O)(=O)c1ccc(Cl)cc1. The molecule has 11 heteroatoms. The minimum absolute atomic E-state index is 0.0343. The maximum Gasteiger partial charge on any atom is 0.264 e. The van der Waals surface area contributed by atoms with E-state index in [1.54, 1.807) is 42.5 Å². The fourth-order valence-electron chi connectivity index (χ4n) is 4.80. The Morgan fingerprint density at radius 1 is 0.848 bits per heavy atom. The number of hydrogen-bond donors (Lipinski definition) is 1. The summed E-state index contributed by atoms with van der Waals surface area (Å²) >= 11 is 18.8. The van der Waals surface area contributed by atoms with Crippen LogP contribution in [0.4, 0.5) is 5.69 Å². The molecule has 2 atom stereocenters. The highest BCUT2D eigenvalue weighted by Gasteiger charge is 2.35. The van der Waals surface area contributed by atoms with Gasteiger partial charge in [0.05, 0.1) is 10.6 Å². The predicted molar refractivity (Wildman–Crippen MR) is 186 cm³/mol. The Bertz CT molecular complexity index is 1750. The molecule has 0 unspecified atom stereocenters. The van der Waals surface area contributed by atoms with E-state index in [0.717, 1.165) is 15.4 Å². The number of aryl methyl sites for hydroxylation is 1. The van der Waals surface area contributed by atoms with Gasteiger partial charge in [0.15, 0.2) is 0 Å². The van der Waals surface area contributed by atoms with Crippen LogP contribution in [0.2, 0.25) is 15.1 Å². The maximum atomic E-state index is 14.5. The lowest BCUT2D eigenvalue weighted by atomic mass is 10.0. The van der Waals surface area contributed by atoms with Gasteiger partial charge in [-0.1, -0.05) is 95.8 Å². The van der Waals surface area contributed by atoms with Crippen LogP contribution in [-0.4, -0.2) is 43.8 Å². The van der Waals surface area contributed by atoms with Crippen molar-refractivity contribution in [2.45, 2.75) is 57.1 Å². The molecule has 0 aliphatic rings. The summed E-state index contributed by atoms with van der Waals surface area (Å²) in [6.45, 7) is 5.07. The number of hydrogen-bond acceptors (Lipinski definition) is 4. The number of rotatable bonds is 13. The zero-order valence-corrected chi connectivity index (χ0v) is 28.9. The number of carbonyl (C=O) groups is 2. The minimum Gasteiger partial charge on any atom is -0.352 e. The molecule has 0 spiro atoms. The van der Waals surface area contributed by atoms with E-state index in [1.165, 1.54) is 29.2 Å². The molecule has 0 bridgehead atoms. The molecule has 0 saturated heterocycles. The van der Waals surface area contributed by atoms with Crippen LogP contribution in [0.15, 0.2) is 102 Å². The van der Waals surface area contributed by atoms with Crippen LogP contribution >= 0.6 is 34.8 Å². The molecule has 0 radical (unpaired) electrons. The average molecular weight is 701 g/mol. The Kier molecular flexibility index (Phi) is 12.1. The standard InChI is InChI=1S/C35H36Cl3N3O4S/c1-4-25(3)39-35(43)33(20-26-8-6-5-7-9-26)40(22-27-12-13-29(37)21-32(27)38)34(42)23-41(30-16-10-24(2)11-17-30)46(44,45)31-18-14-28(36)15-19-31/h5-19,21,25,33H,4,20,22-23H2,1-3H3,(H,39,43)/t25-,33-/m1/s1. The Balaban J connectivity index is 1.82. The molecule has 0 aromatic heterocycles. The number of sulfonamides is 1. The van der Waals surface area contributed by atoms with E-state index in [0.29, 0.717) is 32.7 Å². The summed E-state index contributed by atoms with van der Waals surface area (Å²) in [4.78, 5) is 29.8. The molecule has 7 nitrogen and oxygen atoms in total. The highest BCUT2D eigenvalue weighted by atomic mass is 35.5. The van der Waals surface area contributed by atoms with Gasteiger partial charge in [-0.05, 0) is 79.9 Å². The van der Waals surface area contributed by atoms with Crippen LogP contribution in [0.3, 0.4) is 0 Å². The molecule has 0 saturated carbocycles. The number of carbonyl (C=O) groups excluding carboxylic acids is 2. The van der Waals surface area contributed by atoms with Crippen LogP contribution in [0.25, 0.3) is 0 Å². The predicted octanol–water partition coefficient (Wildman–Crippen LogP) is 7.71. The van der Waals surface area contributed by atoms with E-state index in [-0.39, 0.29) is 29.8 Å². The first-order chi connectivity index (χ1) is 21.9. The van der Waals surface area contributed by atoms with Crippen molar-refractivity contribution in [1.29, 1.82) is 0 Å². The number of nitrogens with zero attached hydrogens (tertiary/aromatic N) is 2. The van der Waals surface area contributed by atoms with E-state index in [2.05, 4.69) is 5.32 Å². The van der Waals surface area contributed by atoms with E-state index in [1.807, 2.05) is 51.1 Å². The zero-order valence-electron chi connectivity index (χ0n) is 25.8. The molecule has 4 aromatic rings. The van der Waals surface area contributed by atoms with Gasteiger partial charge in [0, 0.05) is 34.1 Å². The molecule has 0 heterocycles. The van der Waals surface area contributed by atoms with E-state index in [4.69, 9.17) is 34.8 Å². The number of halogens is 3. The van der Waals surface area contributed by atoms with Gasteiger partial charge in [0.25, 0.3) is 10.0 Å². The van der Waals surface area contributed by atoms with Gasteiger partial charge in [-0.2, -0.15) is 0 Å². The van der Waals surface area contributed by atoms with Crippen molar-refractivity contribution in [3.63, 3.8) is 0 Å². The molecule has 46 heavy (non-hydrogen) atoms. The van der Waals surface area contributed by atoms with Gasteiger partial charge < -0.3 is 10.2 Å². The van der Waals surface area contributed by atoms with Gasteiger partial charge in [-0.15, -0.1) is 0 Å². The van der Waals surface area contributed by atoms with Gasteiger partial charge in [0.2, 0.25) is 11.8 Å². The third kappa shape index (κ3) is 9.04. The van der Waals surface area contributed by atoms with Crippen molar-refractivity contribution in [3.8, 4) is 0 Å². The first-order valence-electron chi connectivity index (χ1n) is 14.8. The van der Waals surface area contributed by atoms with Gasteiger partial charge in [0.1, 0.15) is 12.6 Å². The van der Waals surface area contributed by atoms with Crippen molar-refractivity contribution in [2.24, 2.45) is 0 Å². The first kappa shape index (κ1) is 35.3. The normalized spacial score (nSPS) is 12.7. The maximum absolute atomic E-state index is 14.5. The van der Waals surface area contributed by atoms with Crippen LogP contribution in [0.1, 0.15) is 37.0 Å². The fraction of sp³-hybridized carbons (Fsp3) is 0.257. The molecule has 4 rings (SSSR count). The molecule has 1 N–H and O–H groups in total. The summed E-state index contributed by atoms with van der Waals surface area (Å²) in [7, 11) is -4.24. The Morgan fingerprint density at radius 3 is 2.09 bits per heavy atom. The van der Waals surface area contributed by atoms with Crippen molar-refractivity contribution in [1.82, 2.24) is 10.2 Å². The molecule has 0 aliphatic heterocycles. The molecule has 4 aromatic carbocycles. The molecule has 0 aliphatic carbocycles. The molecule has 2 amide bonds. The summed E-state index contributed by atoms with van der Waals surface area (Å²) in [5, 5.41) is 4.12. The van der Waals surface area contributed by atoms with Gasteiger partial charge in [-0.3, -0.25) is 13.9 Å². The monoisotopic (exact) mass is 699 g/mol.